The Kier molecular flexibility index (Phi) is 5.35. The van der Waals surface area contributed by atoms with Crippen molar-refractivity contribution in [2.24, 2.45) is 5.92 Å². The summed E-state index contributed by atoms with van der Waals surface area (Å²) in [7, 11) is 0. The van der Waals surface area contributed by atoms with Gasteiger partial charge in [-0.05, 0) is 50.4 Å². The molecule has 1 aliphatic rings. The Morgan fingerprint density at radius 2 is 2.35 bits per heavy atom. The minimum absolute atomic E-state index is 0.153. The molecule has 5 heteroatoms. The zero-order chi connectivity index (χ0) is 14.4. The molecule has 0 radical (unpaired) electrons. The number of amides is 1. The molecule has 2 heterocycles. The number of rotatable bonds is 5. The van der Waals surface area contributed by atoms with E-state index in [4.69, 9.17) is 0 Å². The van der Waals surface area contributed by atoms with Gasteiger partial charge in [0.15, 0.2) is 0 Å². The number of carbonyl (C=O) groups excluding carboxylic acids is 1. The summed E-state index contributed by atoms with van der Waals surface area (Å²) in [6, 6.07) is 3.30. The number of aromatic amines is 1. The molecular weight excluding hydrogens is 254 g/mol. The summed E-state index contributed by atoms with van der Waals surface area (Å²) in [5.41, 5.74) is -0.0647. The molecule has 0 spiro atoms. The lowest BCUT2D eigenvalue weighted by Crippen LogP contribution is -2.42. The molecule has 1 unspecified atom stereocenters. The average Bonchev–Trinajstić information content (AvgIpc) is 2.48. The zero-order valence-electron chi connectivity index (χ0n) is 12.0. The van der Waals surface area contributed by atoms with Crippen molar-refractivity contribution in [3.05, 3.63) is 34.2 Å². The lowest BCUT2D eigenvalue weighted by Gasteiger charge is -2.30. The van der Waals surface area contributed by atoms with Gasteiger partial charge in [0.05, 0.1) is 0 Å². The second-order valence-electron chi connectivity index (χ2n) is 5.38. The highest BCUT2D eigenvalue weighted by molar-refractivity contribution is 5.93. The summed E-state index contributed by atoms with van der Waals surface area (Å²) in [6.07, 6.45) is 4.75. The highest BCUT2D eigenvalue weighted by Crippen LogP contribution is 2.13. The first-order valence-corrected chi connectivity index (χ1v) is 7.40. The molecule has 0 aliphatic carbocycles. The number of pyridine rings is 1. The Labute approximate surface area is 119 Å². The van der Waals surface area contributed by atoms with Crippen LogP contribution in [0.1, 0.15) is 36.5 Å². The lowest BCUT2D eigenvalue weighted by atomic mass is 9.98. The van der Waals surface area contributed by atoms with Gasteiger partial charge in [-0.3, -0.25) is 9.59 Å². The summed E-state index contributed by atoms with van der Waals surface area (Å²) in [5.74, 6) is 0.335. The maximum absolute atomic E-state index is 12.5. The fourth-order valence-corrected chi connectivity index (χ4v) is 2.70. The van der Waals surface area contributed by atoms with Crippen molar-refractivity contribution in [2.45, 2.75) is 26.2 Å². The molecule has 1 aromatic heterocycles. The lowest BCUT2D eigenvalue weighted by molar-refractivity contribution is 0.0717. The van der Waals surface area contributed by atoms with Crippen LogP contribution in [0.25, 0.3) is 0 Å². The largest absolute Gasteiger partial charge is 0.338 e. The number of hydrogen-bond acceptors (Lipinski definition) is 3. The number of nitrogens with one attached hydrogen (secondary N) is 2. The summed E-state index contributed by atoms with van der Waals surface area (Å²) in [6.45, 7) is 5.50. The first-order valence-electron chi connectivity index (χ1n) is 7.40. The van der Waals surface area contributed by atoms with Crippen LogP contribution in [-0.2, 0) is 0 Å². The third-order valence-electron chi connectivity index (χ3n) is 3.71. The number of carbonyl (C=O) groups is 1. The van der Waals surface area contributed by atoms with Crippen molar-refractivity contribution in [1.29, 1.82) is 0 Å². The molecule has 0 saturated carbocycles. The number of aromatic nitrogens is 1. The normalized spacial score (nSPS) is 18.8. The third-order valence-corrected chi connectivity index (χ3v) is 3.71. The zero-order valence-corrected chi connectivity index (χ0v) is 12.0. The van der Waals surface area contributed by atoms with E-state index in [9.17, 15) is 9.59 Å². The molecule has 20 heavy (non-hydrogen) atoms. The van der Waals surface area contributed by atoms with E-state index in [1.807, 2.05) is 4.90 Å². The maximum atomic E-state index is 12.5. The smallest absolute Gasteiger partial charge is 0.260 e. The Morgan fingerprint density at radius 3 is 3.00 bits per heavy atom. The van der Waals surface area contributed by atoms with E-state index >= 15 is 0 Å². The van der Waals surface area contributed by atoms with Crippen molar-refractivity contribution in [1.82, 2.24) is 15.2 Å². The van der Waals surface area contributed by atoms with E-state index in [1.165, 1.54) is 0 Å². The van der Waals surface area contributed by atoms with Crippen molar-refractivity contribution in [3.63, 3.8) is 0 Å². The van der Waals surface area contributed by atoms with Gasteiger partial charge in [0, 0.05) is 19.3 Å². The molecule has 2 N–H and O–H groups in total. The minimum Gasteiger partial charge on any atom is -0.338 e. The molecule has 1 aromatic rings. The fourth-order valence-electron chi connectivity index (χ4n) is 2.70. The van der Waals surface area contributed by atoms with E-state index < -0.39 is 0 Å². The van der Waals surface area contributed by atoms with Crippen LogP contribution >= 0.6 is 0 Å². The maximum Gasteiger partial charge on any atom is 0.260 e. The number of hydrogen-bond donors (Lipinski definition) is 2. The van der Waals surface area contributed by atoms with Crippen molar-refractivity contribution in [2.75, 3.05) is 26.2 Å². The number of nitrogens with zero attached hydrogens (tertiary/aromatic N) is 1. The van der Waals surface area contributed by atoms with E-state index in [0.29, 0.717) is 12.5 Å². The van der Waals surface area contributed by atoms with Gasteiger partial charge in [-0.15, -0.1) is 0 Å². The van der Waals surface area contributed by atoms with Crippen molar-refractivity contribution >= 4 is 5.91 Å². The quantitative estimate of drug-likeness (QED) is 0.850. The van der Waals surface area contributed by atoms with Crippen LogP contribution in [0.2, 0.25) is 0 Å². The first-order chi connectivity index (χ1) is 9.72. The molecule has 0 bridgehead atoms. The summed E-state index contributed by atoms with van der Waals surface area (Å²) in [4.78, 5) is 28.6. The predicted molar refractivity (Wildman–Crippen MR) is 78.9 cm³/mol. The Balaban J connectivity index is 2.09. The summed E-state index contributed by atoms with van der Waals surface area (Å²) < 4.78 is 0. The molecule has 1 fully saturated rings. The SMILES string of the molecule is CCCN(CC1CCCNC1)C(=O)c1ccc[nH]c1=O. The molecular formula is C15H23N3O2. The number of H-pyrrole nitrogens is 1. The highest BCUT2D eigenvalue weighted by Gasteiger charge is 2.22. The van der Waals surface area contributed by atoms with Crippen LogP contribution in [0.3, 0.4) is 0 Å². The van der Waals surface area contributed by atoms with Crippen LogP contribution in [-0.4, -0.2) is 42.0 Å². The van der Waals surface area contributed by atoms with Gasteiger partial charge < -0.3 is 15.2 Å². The molecule has 2 rings (SSSR count). The second kappa shape index (κ2) is 7.24. The Morgan fingerprint density at radius 1 is 1.50 bits per heavy atom. The summed E-state index contributed by atoms with van der Waals surface area (Å²) >= 11 is 0. The highest BCUT2D eigenvalue weighted by atomic mass is 16.2. The first kappa shape index (κ1) is 14.8. The monoisotopic (exact) mass is 277 g/mol. The second-order valence-corrected chi connectivity index (χ2v) is 5.38. The van der Waals surface area contributed by atoms with E-state index in [1.54, 1.807) is 18.3 Å². The Bertz CT molecular complexity index is 492. The van der Waals surface area contributed by atoms with Crippen LogP contribution in [0, 0.1) is 5.92 Å². The van der Waals surface area contributed by atoms with Gasteiger partial charge in [-0.25, -0.2) is 0 Å². The molecule has 1 saturated heterocycles. The van der Waals surface area contributed by atoms with Gasteiger partial charge in [-0.2, -0.15) is 0 Å². The van der Waals surface area contributed by atoms with E-state index in [-0.39, 0.29) is 17.0 Å². The van der Waals surface area contributed by atoms with Crippen LogP contribution in [0.5, 0.6) is 0 Å². The van der Waals surface area contributed by atoms with Crippen LogP contribution in [0.15, 0.2) is 23.1 Å². The number of piperidine rings is 1. The van der Waals surface area contributed by atoms with Crippen LogP contribution < -0.4 is 10.9 Å². The van der Waals surface area contributed by atoms with E-state index in [0.717, 1.165) is 38.9 Å². The van der Waals surface area contributed by atoms with Gasteiger partial charge in [0.2, 0.25) is 0 Å². The topological polar surface area (TPSA) is 65.2 Å². The summed E-state index contributed by atoms with van der Waals surface area (Å²) in [5, 5.41) is 3.37. The standard InChI is InChI=1S/C15H23N3O2/c1-2-9-18(11-12-5-3-7-16-10-12)15(20)13-6-4-8-17-14(13)19/h4,6,8,12,16H,2-3,5,7,9-11H2,1H3,(H,17,19). The Hall–Kier alpha value is -1.62. The van der Waals surface area contributed by atoms with Gasteiger partial charge >= 0.3 is 0 Å². The van der Waals surface area contributed by atoms with Crippen LogP contribution in [0.4, 0.5) is 0 Å². The van der Waals surface area contributed by atoms with Crippen molar-refractivity contribution in [3.8, 4) is 0 Å². The molecule has 5 nitrogen and oxygen atoms in total. The van der Waals surface area contributed by atoms with Crippen molar-refractivity contribution < 1.29 is 4.79 Å². The fraction of sp³-hybridized carbons (Fsp3) is 0.600. The molecule has 0 aromatic carbocycles. The third kappa shape index (κ3) is 3.70. The molecule has 1 amide bonds. The molecule has 110 valence electrons. The van der Waals surface area contributed by atoms with Gasteiger partial charge in [-0.1, -0.05) is 6.92 Å². The average molecular weight is 277 g/mol. The molecule has 1 atom stereocenters. The minimum atomic E-state index is -0.305. The van der Waals surface area contributed by atoms with E-state index in [2.05, 4.69) is 17.2 Å². The van der Waals surface area contributed by atoms with Gasteiger partial charge in [0.25, 0.3) is 11.5 Å². The molecule has 1 aliphatic heterocycles. The predicted octanol–water partition coefficient (Wildman–Crippen LogP) is 1.23. The van der Waals surface area contributed by atoms with Gasteiger partial charge in [0.1, 0.15) is 5.56 Å².